The minimum absolute atomic E-state index is 0.0945. The normalized spacial score (nSPS) is 10.7. The fourth-order valence-electron chi connectivity index (χ4n) is 2.46. The first-order chi connectivity index (χ1) is 12.5. The highest BCUT2D eigenvalue weighted by atomic mass is 35.5. The Morgan fingerprint density at radius 2 is 2.00 bits per heavy atom. The molecule has 10 heteroatoms. The number of amides is 1. The lowest BCUT2D eigenvalue weighted by Crippen LogP contribution is -2.18. The van der Waals surface area contributed by atoms with Crippen LogP contribution in [0.2, 0.25) is 5.02 Å². The Morgan fingerprint density at radius 3 is 2.65 bits per heavy atom. The number of rotatable bonds is 6. The van der Waals surface area contributed by atoms with Gasteiger partial charge < -0.3 is 5.32 Å². The van der Waals surface area contributed by atoms with Gasteiger partial charge in [0.1, 0.15) is 6.20 Å². The number of anilines is 1. The minimum Gasteiger partial charge on any atom is -0.318 e. The molecule has 9 nitrogen and oxygen atoms in total. The number of nitrogens with zero attached hydrogens (tertiary/aromatic N) is 5. The second-order valence-electron chi connectivity index (χ2n) is 5.46. The third-order valence-electron chi connectivity index (χ3n) is 3.68. The molecule has 1 amide bonds. The molecule has 1 aromatic carbocycles. The lowest BCUT2D eigenvalue weighted by molar-refractivity contribution is -0.385. The van der Waals surface area contributed by atoms with Crippen molar-refractivity contribution < 1.29 is 9.72 Å². The monoisotopic (exact) mass is 374 g/mol. The van der Waals surface area contributed by atoms with E-state index in [-0.39, 0.29) is 11.4 Å². The smallest absolute Gasteiger partial charge is 0.318 e. The molecule has 0 saturated heterocycles. The van der Waals surface area contributed by atoms with Crippen LogP contribution in [-0.2, 0) is 13.1 Å². The highest BCUT2D eigenvalue weighted by Gasteiger charge is 2.26. The number of carbonyl (C=O) groups excluding carboxylic acids is 1. The molecule has 26 heavy (non-hydrogen) atoms. The molecular formula is C16H15ClN6O3. The summed E-state index contributed by atoms with van der Waals surface area (Å²) >= 11 is 5.86. The molecule has 0 aliphatic rings. The summed E-state index contributed by atoms with van der Waals surface area (Å²) in [5, 5.41) is 22.4. The van der Waals surface area contributed by atoms with Gasteiger partial charge in [0.2, 0.25) is 5.69 Å². The number of halogens is 1. The Morgan fingerprint density at radius 1 is 1.27 bits per heavy atom. The molecule has 0 aliphatic heterocycles. The van der Waals surface area contributed by atoms with Gasteiger partial charge in [0.15, 0.2) is 0 Å². The summed E-state index contributed by atoms with van der Waals surface area (Å²) in [5.41, 5.74) is 0.998. The fraction of sp³-hybridized carbons (Fsp3) is 0.188. The van der Waals surface area contributed by atoms with Crippen molar-refractivity contribution in [1.82, 2.24) is 19.6 Å². The van der Waals surface area contributed by atoms with Gasteiger partial charge in [-0.2, -0.15) is 10.2 Å². The summed E-state index contributed by atoms with van der Waals surface area (Å²) in [6.07, 6.45) is 4.19. The van der Waals surface area contributed by atoms with Crippen molar-refractivity contribution in [3.05, 3.63) is 69.3 Å². The van der Waals surface area contributed by atoms with Gasteiger partial charge >= 0.3 is 5.69 Å². The maximum atomic E-state index is 12.5. The maximum absolute atomic E-state index is 12.5. The SMILES string of the molecule is CCn1ncc([N+](=O)[O-])c1C(=O)Nc1cnn(Cc2ccc(Cl)cc2)c1. The molecule has 0 radical (unpaired) electrons. The van der Waals surface area contributed by atoms with Crippen LogP contribution in [0.3, 0.4) is 0 Å². The second-order valence-corrected chi connectivity index (χ2v) is 5.89. The van der Waals surface area contributed by atoms with E-state index in [2.05, 4.69) is 15.5 Å². The zero-order valence-electron chi connectivity index (χ0n) is 13.8. The Bertz CT molecular complexity index is 947. The quantitative estimate of drug-likeness (QED) is 0.527. The van der Waals surface area contributed by atoms with Crippen molar-refractivity contribution >= 4 is 28.9 Å². The number of nitro groups is 1. The standard InChI is InChI=1S/C16H15ClN6O3/c1-2-22-15(14(8-19-22)23(25)26)16(24)20-13-7-18-21(10-13)9-11-3-5-12(17)6-4-11/h3-8,10H,2,9H2,1H3,(H,20,24). The van der Waals surface area contributed by atoms with Crippen LogP contribution in [0.25, 0.3) is 0 Å². The van der Waals surface area contributed by atoms with Crippen LogP contribution in [0.4, 0.5) is 11.4 Å². The summed E-state index contributed by atoms with van der Waals surface area (Å²) in [4.78, 5) is 22.9. The number of carbonyl (C=O) groups is 1. The average Bonchev–Trinajstić information content (AvgIpc) is 3.23. The van der Waals surface area contributed by atoms with Gasteiger partial charge in [0.05, 0.1) is 23.4 Å². The molecule has 0 saturated carbocycles. The maximum Gasteiger partial charge on any atom is 0.320 e. The predicted octanol–water partition coefficient (Wildman–Crippen LogP) is 2.96. The molecule has 0 unspecified atom stereocenters. The number of aryl methyl sites for hydroxylation is 1. The van der Waals surface area contributed by atoms with Crippen molar-refractivity contribution in [2.45, 2.75) is 20.0 Å². The lowest BCUT2D eigenvalue weighted by atomic mass is 10.2. The molecule has 3 aromatic rings. The van der Waals surface area contributed by atoms with E-state index >= 15 is 0 Å². The van der Waals surface area contributed by atoms with Crippen LogP contribution >= 0.6 is 11.6 Å². The van der Waals surface area contributed by atoms with E-state index < -0.39 is 10.8 Å². The summed E-state index contributed by atoms with van der Waals surface area (Å²) in [6.45, 7) is 2.59. The van der Waals surface area contributed by atoms with E-state index in [0.717, 1.165) is 11.8 Å². The van der Waals surface area contributed by atoms with Crippen molar-refractivity contribution in [1.29, 1.82) is 0 Å². The summed E-state index contributed by atoms with van der Waals surface area (Å²) in [7, 11) is 0. The third kappa shape index (κ3) is 3.72. The first-order valence-electron chi connectivity index (χ1n) is 7.76. The van der Waals surface area contributed by atoms with Crippen LogP contribution in [0.5, 0.6) is 0 Å². The topological polar surface area (TPSA) is 108 Å². The van der Waals surface area contributed by atoms with Gasteiger partial charge in [-0.15, -0.1) is 0 Å². The van der Waals surface area contributed by atoms with Crippen LogP contribution in [0, 0.1) is 10.1 Å². The van der Waals surface area contributed by atoms with E-state index in [1.165, 1.54) is 10.9 Å². The number of hydrogen-bond donors (Lipinski definition) is 1. The predicted molar refractivity (Wildman–Crippen MR) is 95.3 cm³/mol. The Balaban J connectivity index is 1.75. The van der Waals surface area contributed by atoms with E-state index in [1.54, 1.807) is 29.9 Å². The van der Waals surface area contributed by atoms with E-state index in [4.69, 9.17) is 11.6 Å². The zero-order valence-corrected chi connectivity index (χ0v) is 14.6. The highest BCUT2D eigenvalue weighted by Crippen LogP contribution is 2.20. The van der Waals surface area contributed by atoms with Crippen molar-refractivity contribution in [3.63, 3.8) is 0 Å². The molecule has 1 N–H and O–H groups in total. The Hall–Kier alpha value is -3.20. The molecule has 0 aliphatic carbocycles. The third-order valence-corrected chi connectivity index (χ3v) is 3.93. The molecule has 2 aromatic heterocycles. The number of benzene rings is 1. The van der Waals surface area contributed by atoms with Gasteiger partial charge in [-0.25, -0.2) is 0 Å². The summed E-state index contributed by atoms with van der Waals surface area (Å²) in [5.74, 6) is -0.609. The van der Waals surface area contributed by atoms with E-state index in [0.29, 0.717) is 23.8 Å². The van der Waals surface area contributed by atoms with Gasteiger partial charge in [-0.1, -0.05) is 23.7 Å². The largest absolute Gasteiger partial charge is 0.320 e. The van der Waals surface area contributed by atoms with E-state index in [9.17, 15) is 14.9 Å². The highest BCUT2D eigenvalue weighted by molar-refractivity contribution is 6.30. The second kappa shape index (κ2) is 7.36. The van der Waals surface area contributed by atoms with Gasteiger partial charge in [0.25, 0.3) is 5.91 Å². The first-order valence-corrected chi connectivity index (χ1v) is 8.14. The fourth-order valence-corrected chi connectivity index (χ4v) is 2.59. The van der Waals surface area contributed by atoms with Crippen LogP contribution in [0.15, 0.2) is 42.9 Å². The molecule has 2 heterocycles. The number of hydrogen-bond acceptors (Lipinski definition) is 5. The van der Waals surface area contributed by atoms with Crippen LogP contribution < -0.4 is 5.32 Å². The summed E-state index contributed by atoms with van der Waals surface area (Å²) < 4.78 is 2.93. The van der Waals surface area contributed by atoms with Crippen molar-refractivity contribution in [2.75, 3.05) is 5.32 Å². The van der Waals surface area contributed by atoms with Gasteiger partial charge in [0, 0.05) is 17.8 Å². The molecule has 3 rings (SSSR count). The Kier molecular flexibility index (Phi) is 4.99. The molecule has 134 valence electrons. The van der Waals surface area contributed by atoms with Gasteiger partial charge in [-0.3, -0.25) is 24.3 Å². The molecule has 0 fully saturated rings. The average molecular weight is 375 g/mol. The number of aromatic nitrogens is 4. The minimum atomic E-state index is -0.627. The summed E-state index contributed by atoms with van der Waals surface area (Å²) in [6, 6.07) is 7.33. The Labute approximate surface area is 153 Å². The van der Waals surface area contributed by atoms with Crippen molar-refractivity contribution in [3.8, 4) is 0 Å². The molecule has 0 bridgehead atoms. The first kappa shape index (κ1) is 17.6. The lowest BCUT2D eigenvalue weighted by Gasteiger charge is -2.04. The van der Waals surface area contributed by atoms with Crippen LogP contribution in [-0.4, -0.2) is 30.4 Å². The van der Waals surface area contributed by atoms with Gasteiger partial charge in [-0.05, 0) is 24.6 Å². The molecule has 0 atom stereocenters. The zero-order chi connectivity index (χ0) is 18.7. The van der Waals surface area contributed by atoms with Crippen LogP contribution in [0.1, 0.15) is 23.0 Å². The van der Waals surface area contributed by atoms with Crippen molar-refractivity contribution in [2.24, 2.45) is 0 Å². The van der Waals surface area contributed by atoms with E-state index in [1.807, 2.05) is 12.1 Å². The molecular weight excluding hydrogens is 360 g/mol. The molecule has 0 spiro atoms. The number of nitrogens with one attached hydrogen (secondary N) is 1.